The van der Waals surface area contributed by atoms with Crippen molar-refractivity contribution in [2.45, 2.75) is 93.9 Å². The van der Waals surface area contributed by atoms with Crippen LogP contribution < -0.4 is 48.1 Å². The van der Waals surface area contributed by atoms with E-state index in [0.717, 1.165) is 16.5 Å². The molecule has 11 N–H and O–H groups in total. The van der Waals surface area contributed by atoms with Gasteiger partial charge >= 0.3 is 6.09 Å². The van der Waals surface area contributed by atoms with Crippen molar-refractivity contribution in [2.75, 3.05) is 26.2 Å². The second kappa shape index (κ2) is 26.8. The summed E-state index contributed by atoms with van der Waals surface area (Å²) in [6.07, 6.45) is 0.652. The molecule has 0 aliphatic carbocycles. The number of unbranched alkanes of at least 4 members (excludes halogenated alkanes) is 1. The number of nitrogens with two attached hydrogens (primary N) is 2. The number of amides is 7. The SMILES string of the molecule is NCCCC[C@@H]1NC(=O)[C@@H](Cc2c[nH]c3ccccc23)NC(=O)[C@@H](c2ccccc2)NC(=O)[C@@H]2C[C@H](OC(=O)NCCN)CN2C(=O)[C@H](Cc2ccccc2)NC(=O)[C@H](Cc2ccc(OCc3ccccc3)cc2)NC1=O. The van der Waals surface area contributed by atoms with Gasteiger partial charge < -0.3 is 62.7 Å². The van der Waals surface area contributed by atoms with Crippen molar-refractivity contribution >= 4 is 52.4 Å². The van der Waals surface area contributed by atoms with Crippen molar-refractivity contribution in [2.24, 2.45) is 11.5 Å². The molecule has 6 aromatic rings. The Hall–Kier alpha value is -8.55. The van der Waals surface area contributed by atoms with E-state index in [-0.39, 0.29) is 51.7 Å². The number of carbonyl (C=O) groups excluding carboxylic acids is 7. The Labute approximate surface area is 446 Å². The van der Waals surface area contributed by atoms with E-state index < -0.39 is 83.9 Å². The van der Waals surface area contributed by atoms with Gasteiger partial charge in [0.15, 0.2) is 0 Å². The molecule has 402 valence electrons. The molecule has 3 heterocycles. The predicted octanol–water partition coefficient (Wildman–Crippen LogP) is 3.37. The number of benzene rings is 5. The maximum Gasteiger partial charge on any atom is 0.407 e. The van der Waals surface area contributed by atoms with Gasteiger partial charge in [-0.3, -0.25) is 28.8 Å². The van der Waals surface area contributed by atoms with Crippen LogP contribution in [0.4, 0.5) is 4.79 Å². The maximum absolute atomic E-state index is 15.3. The number of carbonyl (C=O) groups is 7. The zero-order valence-electron chi connectivity index (χ0n) is 42.7. The maximum atomic E-state index is 15.3. The lowest BCUT2D eigenvalue weighted by Gasteiger charge is -2.32. The molecule has 19 heteroatoms. The van der Waals surface area contributed by atoms with Crippen molar-refractivity contribution in [3.8, 4) is 5.75 Å². The summed E-state index contributed by atoms with van der Waals surface area (Å²) in [6.45, 7) is 0.617. The smallest absolute Gasteiger partial charge is 0.407 e. The topological polar surface area (TPSA) is 281 Å². The van der Waals surface area contributed by atoms with Crippen LogP contribution in [0.3, 0.4) is 0 Å². The van der Waals surface area contributed by atoms with Gasteiger partial charge in [0, 0.05) is 55.9 Å². The van der Waals surface area contributed by atoms with E-state index in [1.165, 1.54) is 4.90 Å². The fraction of sp³-hybridized carbons (Fsp3) is 0.328. The first kappa shape index (κ1) is 54.7. The van der Waals surface area contributed by atoms with Crippen molar-refractivity contribution in [1.29, 1.82) is 0 Å². The molecule has 0 saturated carbocycles. The van der Waals surface area contributed by atoms with E-state index >= 15 is 9.59 Å². The fourth-order valence-corrected chi connectivity index (χ4v) is 9.65. The fourth-order valence-electron chi connectivity index (χ4n) is 9.65. The number of nitrogens with one attached hydrogen (secondary N) is 7. The van der Waals surface area contributed by atoms with Crippen LogP contribution in [-0.2, 0) is 59.4 Å². The van der Waals surface area contributed by atoms with Gasteiger partial charge in [-0.05, 0) is 71.8 Å². The Morgan fingerprint density at radius 2 is 1.17 bits per heavy atom. The molecule has 19 nitrogen and oxygen atoms in total. The van der Waals surface area contributed by atoms with Crippen LogP contribution in [0.2, 0.25) is 0 Å². The van der Waals surface area contributed by atoms with E-state index in [1.54, 1.807) is 85.1 Å². The molecule has 2 aliphatic heterocycles. The van der Waals surface area contributed by atoms with E-state index in [4.69, 9.17) is 20.9 Å². The number of nitrogens with zero attached hydrogens (tertiary/aromatic N) is 1. The summed E-state index contributed by atoms with van der Waals surface area (Å²) in [5, 5.41) is 17.9. The number of aromatic nitrogens is 1. The highest BCUT2D eigenvalue weighted by Gasteiger charge is 2.45. The average Bonchev–Trinajstić information content (AvgIpc) is 4.08. The van der Waals surface area contributed by atoms with Gasteiger partial charge in [0.25, 0.3) is 0 Å². The third kappa shape index (κ3) is 14.9. The summed E-state index contributed by atoms with van der Waals surface area (Å²) < 4.78 is 11.8. The number of rotatable bonds is 17. The number of alkyl carbamates (subject to hydrolysis) is 1. The number of fused-ring (bicyclic) bond motifs is 2. The molecule has 2 saturated heterocycles. The molecular formula is C58H66N10O9. The van der Waals surface area contributed by atoms with Crippen LogP contribution >= 0.6 is 0 Å². The molecule has 0 spiro atoms. The van der Waals surface area contributed by atoms with Crippen molar-refractivity contribution in [3.05, 3.63) is 174 Å². The number of hydrogen-bond donors (Lipinski definition) is 9. The monoisotopic (exact) mass is 1050 g/mol. The Morgan fingerprint density at radius 3 is 1.87 bits per heavy atom. The van der Waals surface area contributed by atoms with Crippen LogP contribution in [-0.4, -0.2) is 114 Å². The quantitative estimate of drug-likeness (QED) is 0.0598. The molecule has 5 aromatic carbocycles. The van der Waals surface area contributed by atoms with Crippen LogP contribution in [0.5, 0.6) is 5.75 Å². The minimum atomic E-state index is -1.42. The normalized spacial score (nSPS) is 21.6. The number of H-pyrrole nitrogens is 1. The first-order chi connectivity index (χ1) is 37.5. The first-order valence-corrected chi connectivity index (χ1v) is 26.0. The summed E-state index contributed by atoms with van der Waals surface area (Å²) in [5.74, 6) is -3.76. The molecule has 77 heavy (non-hydrogen) atoms. The van der Waals surface area contributed by atoms with Gasteiger partial charge in [-0.2, -0.15) is 0 Å². The van der Waals surface area contributed by atoms with Gasteiger partial charge in [0.2, 0.25) is 35.4 Å². The summed E-state index contributed by atoms with van der Waals surface area (Å²) >= 11 is 0. The molecule has 2 fully saturated rings. The summed E-state index contributed by atoms with van der Waals surface area (Å²) in [5.41, 5.74) is 15.7. The highest BCUT2D eigenvalue weighted by Crippen LogP contribution is 2.26. The van der Waals surface area contributed by atoms with Gasteiger partial charge in [-0.25, -0.2) is 4.79 Å². The Kier molecular flexibility index (Phi) is 19.0. The summed E-state index contributed by atoms with van der Waals surface area (Å²) in [7, 11) is 0. The van der Waals surface area contributed by atoms with Crippen molar-refractivity contribution in [3.63, 3.8) is 0 Å². The number of para-hydroxylation sites is 1. The highest BCUT2D eigenvalue weighted by atomic mass is 16.6. The number of ether oxygens (including phenoxy) is 2. The highest BCUT2D eigenvalue weighted by molar-refractivity contribution is 5.99. The molecule has 7 amide bonds. The van der Waals surface area contributed by atoms with Gasteiger partial charge in [-0.15, -0.1) is 0 Å². The van der Waals surface area contributed by atoms with Gasteiger partial charge in [0.05, 0.1) is 6.54 Å². The summed E-state index contributed by atoms with van der Waals surface area (Å²) in [6, 6.07) is 33.6. The second-order valence-electron chi connectivity index (χ2n) is 19.2. The molecule has 1 aromatic heterocycles. The lowest BCUT2D eigenvalue weighted by molar-refractivity contribution is -0.143. The minimum absolute atomic E-state index is 0.0385. The zero-order chi connectivity index (χ0) is 54.1. The summed E-state index contributed by atoms with van der Waals surface area (Å²) in [4.78, 5) is 107. The predicted molar refractivity (Wildman–Crippen MR) is 288 cm³/mol. The van der Waals surface area contributed by atoms with Crippen LogP contribution in [0.15, 0.2) is 146 Å². The largest absolute Gasteiger partial charge is 0.489 e. The van der Waals surface area contributed by atoms with Crippen LogP contribution in [0.25, 0.3) is 10.9 Å². The standard InChI is InChI=1S/C58H66N10O9/c59-27-13-12-22-46-52(69)64-47(30-38-23-25-42(26-24-38)76-36-39-16-6-2-7-17-39)53(70)66-49(31-37-14-4-1-5-15-37)57(74)68-35-43(77-58(75)61-29-28-60)33-50(68)55(72)67-51(40-18-8-3-9-19-40)56(73)65-48(54(71)63-46)32-41-34-62-45-21-11-10-20-44(41)45/h1-11,14-21,23-26,34,43,46-51,62H,12-13,22,27-33,35-36,59-60H2,(H,61,75)(H,63,71)(H,64,69)(H,65,73)(H,66,70)(H,67,72)/t43-,46-,47-,48+,49-,50-,51+/m0/s1. The lowest BCUT2D eigenvalue weighted by atomic mass is 9.99. The average molecular weight is 1050 g/mol. The molecule has 7 atom stereocenters. The Morgan fingerprint density at radius 1 is 0.584 bits per heavy atom. The molecule has 0 radical (unpaired) electrons. The second-order valence-corrected chi connectivity index (χ2v) is 19.2. The molecule has 8 rings (SSSR count). The Balaban J connectivity index is 1.19. The Bertz CT molecular complexity index is 2960. The van der Waals surface area contributed by atoms with E-state index in [9.17, 15) is 24.0 Å². The van der Waals surface area contributed by atoms with E-state index in [2.05, 4.69) is 36.9 Å². The third-order valence-corrected chi connectivity index (χ3v) is 13.7. The number of aromatic amines is 1. The minimum Gasteiger partial charge on any atom is -0.489 e. The van der Waals surface area contributed by atoms with Gasteiger partial charge in [0.1, 0.15) is 54.7 Å². The first-order valence-electron chi connectivity index (χ1n) is 26.0. The third-order valence-electron chi connectivity index (χ3n) is 13.7. The van der Waals surface area contributed by atoms with E-state index in [1.807, 2.05) is 60.7 Å². The van der Waals surface area contributed by atoms with Crippen molar-refractivity contribution < 1.29 is 43.0 Å². The van der Waals surface area contributed by atoms with Crippen LogP contribution in [0.1, 0.15) is 59.5 Å². The van der Waals surface area contributed by atoms with E-state index in [0.29, 0.717) is 54.0 Å². The van der Waals surface area contributed by atoms with Crippen molar-refractivity contribution in [1.82, 2.24) is 41.8 Å². The molecular weight excluding hydrogens is 981 g/mol. The van der Waals surface area contributed by atoms with Gasteiger partial charge in [-0.1, -0.05) is 121 Å². The molecule has 0 unspecified atom stereocenters. The van der Waals surface area contributed by atoms with Crippen LogP contribution in [0, 0.1) is 0 Å². The number of hydrogen-bond acceptors (Lipinski definition) is 11. The molecule has 0 bridgehead atoms. The molecule has 2 aliphatic rings. The lowest BCUT2D eigenvalue weighted by Crippen LogP contribution is -2.61. The zero-order valence-corrected chi connectivity index (χ0v) is 42.7.